The molecular formula is C27H37BrNO4+. The van der Waals surface area contributed by atoms with Crippen molar-refractivity contribution < 1.29 is 23.5 Å². The van der Waals surface area contributed by atoms with Gasteiger partial charge < -0.3 is 18.9 Å². The average molecular weight is 520 g/mol. The molecule has 1 heterocycles. The molecule has 0 spiro atoms. The predicted molar refractivity (Wildman–Crippen MR) is 137 cm³/mol. The van der Waals surface area contributed by atoms with E-state index in [0.717, 1.165) is 53.4 Å². The lowest BCUT2D eigenvalue weighted by molar-refractivity contribution is -0.545. The molecule has 0 atom stereocenters. The molecular weight excluding hydrogens is 482 g/mol. The van der Waals surface area contributed by atoms with Crippen molar-refractivity contribution in [3.05, 3.63) is 45.4 Å². The van der Waals surface area contributed by atoms with E-state index < -0.39 is 0 Å². The first-order valence-corrected chi connectivity index (χ1v) is 12.6. The maximum absolute atomic E-state index is 5.64. The van der Waals surface area contributed by atoms with E-state index in [1.165, 1.54) is 54.5 Å². The van der Waals surface area contributed by atoms with E-state index >= 15 is 0 Å². The molecule has 0 bridgehead atoms. The molecule has 0 saturated heterocycles. The molecule has 2 aromatic carbocycles. The van der Waals surface area contributed by atoms with Crippen LogP contribution in [0.3, 0.4) is 0 Å². The van der Waals surface area contributed by atoms with Crippen molar-refractivity contribution in [2.45, 2.75) is 58.4 Å². The molecule has 0 unspecified atom stereocenters. The molecule has 0 N–H and O–H groups in total. The van der Waals surface area contributed by atoms with Gasteiger partial charge in [0.15, 0.2) is 35.3 Å². The molecule has 0 aliphatic carbocycles. The standard InChI is InChI=1S/C27H37BrNO4/c1-6-7-8-9-10-11-23-21-17-25(31-3)24(30-2)16-20(21)12-13-29(23)18-19-14-22(28)27(33-5)26(15-19)32-4/h14-17H,6-13,18H2,1-5H3/q+1. The van der Waals surface area contributed by atoms with Crippen molar-refractivity contribution >= 4 is 21.6 Å². The highest BCUT2D eigenvalue weighted by molar-refractivity contribution is 9.10. The van der Waals surface area contributed by atoms with Crippen molar-refractivity contribution in [2.75, 3.05) is 35.0 Å². The fourth-order valence-electron chi connectivity index (χ4n) is 4.60. The Morgan fingerprint density at radius 3 is 2.18 bits per heavy atom. The second kappa shape index (κ2) is 12.3. The molecule has 6 heteroatoms. The maximum atomic E-state index is 5.64. The normalized spacial score (nSPS) is 13.0. The Morgan fingerprint density at radius 1 is 0.818 bits per heavy atom. The van der Waals surface area contributed by atoms with E-state index in [1.54, 1.807) is 28.4 Å². The van der Waals surface area contributed by atoms with Crippen molar-refractivity contribution in [2.24, 2.45) is 0 Å². The summed E-state index contributed by atoms with van der Waals surface area (Å²) in [5.74, 6) is 3.06. The van der Waals surface area contributed by atoms with Gasteiger partial charge in [0.2, 0.25) is 0 Å². The number of benzene rings is 2. The quantitative estimate of drug-likeness (QED) is 0.240. The molecule has 180 valence electrons. The molecule has 2 aromatic rings. The fourth-order valence-corrected chi connectivity index (χ4v) is 5.25. The van der Waals surface area contributed by atoms with Crippen LogP contribution >= 0.6 is 15.9 Å². The van der Waals surface area contributed by atoms with E-state index in [2.05, 4.69) is 51.7 Å². The summed E-state index contributed by atoms with van der Waals surface area (Å²) in [5, 5.41) is 0. The summed E-state index contributed by atoms with van der Waals surface area (Å²) in [4.78, 5) is 0. The number of fused-ring (bicyclic) bond motifs is 1. The van der Waals surface area contributed by atoms with E-state index in [0.29, 0.717) is 0 Å². The zero-order chi connectivity index (χ0) is 23.8. The Balaban J connectivity index is 1.99. The molecule has 0 radical (unpaired) electrons. The minimum Gasteiger partial charge on any atom is -0.493 e. The average Bonchev–Trinajstić information content (AvgIpc) is 2.83. The van der Waals surface area contributed by atoms with Gasteiger partial charge in [0.05, 0.1) is 32.9 Å². The number of halogens is 1. The Labute approximate surface area is 206 Å². The van der Waals surface area contributed by atoms with Gasteiger partial charge in [0.1, 0.15) is 6.54 Å². The molecule has 1 aliphatic rings. The van der Waals surface area contributed by atoms with Gasteiger partial charge in [0.25, 0.3) is 0 Å². The Kier molecular flexibility index (Phi) is 9.48. The summed E-state index contributed by atoms with van der Waals surface area (Å²) in [6, 6.07) is 8.51. The Morgan fingerprint density at radius 2 is 1.52 bits per heavy atom. The largest absolute Gasteiger partial charge is 0.493 e. The molecule has 33 heavy (non-hydrogen) atoms. The third kappa shape index (κ3) is 6.03. The minimum absolute atomic E-state index is 0.724. The predicted octanol–water partition coefficient (Wildman–Crippen LogP) is 6.40. The van der Waals surface area contributed by atoms with Gasteiger partial charge >= 0.3 is 0 Å². The van der Waals surface area contributed by atoms with Crippen LogP contribution in [0.5, 0.6) is 23.0 Å². The van der Waals surface area contributed by atoms with Gasteiger partial charge in [-0.1, -0.05) is 32.6 Å². The third-order valence-corrected chi connectivity index (χ3v) is 6.93. The second-order valence-electron chi connectivity index (χ2n) is 8.46. The highest BCUT2D eigenvalue weighted by atomic mass is 79.9. The van der Waals surface area contributed by atoms with Crippen molar-refractivity contribution in [1.29, 1.82) is 0 Å². The minimum atomic E-state index is 0.724. The molecule has 1 aliphatic heterocycles. The second-order valence-corrected chi connectivity index (χ2v) is 9.31. The number of unbranched alkanes of at least 4 members (excludes halogenated alkanes) is 4. The van der Waals surface area contributed by atoms with Gasteiger partial charge in [-0.05, 0) is 52.2 Å². The fraction of sp³-hybridized carbons (Fsp3) is 0.519. The molecule has 5 nitrogen and oxygen atoms in total. The topological polar surface area (TPSA) is 39.9 Å². The first kappa shape index (κ1) is 25.4. The van der Waals surface area contributed by atoms with Crippen LogP contribution in [0.4, 0.5) is 0 Å². The zero-order valence-electron chi connectivity index (χ0n) is 20.6. The number of hydrogen-bond acceptors (Lipinski definition) is 4. The Bertz CT molecular complexity index is 987. The van der Waals surface area contributed by atoms with Crippen LogP contribution in [-0.2, 0) is 13.0 Å². The van der Waals surface area contributed by atoms with E-state index in [4.69, 9.17) is 18.9 Å². The van der Waals surface area contributed by atoms with Crippen LogP contribution in [0.25, 0.3) is 0 Å². The first-order chi connectivity index (χ1) is 16.1. The highest BCUT2D eigenvalue weighted by Crippen LogP contribution is 2.37. The SMILES string of the molecule is CCCCCCCC1=[N+](Cc2cc(Br)c(OC)c(OC)c2)CCc2cc(OC)c(OC)cc21. The number of hydrogen-bond donors (Lipinski definition) is 0. The summed E-state index contributed by atoms with van der Waals surface area (Å²) in [6.07, 6.45) is 8.34. The summed E-state index contributed by atoms with van der Waals surface area (Å²) in [7, 11) is 6.75. The van der Waals surface area contributed by atoms with Gasteiger partial charge in [-0.25, -0.2) is 4.58 Å². The smallest absolute Gasteiger partial charge is 0.184 e. The first-order valence-electron chi connectivity index (χ1n) is 11.8. The lowest BCUT2D eigenvalue weighted by Gasteiger charge is -2.21. The number of methoxy groups -OCH3 is 4. The lowest BCUT2D eigenvalue weighted by atomic mass is 9.92. The summed E-state index contributed by atoms with van der Waals surface area (Å²) < 4.78 is 25.7. The summed E-state index contributed by atoms with van der Waals surface area (Å²) in [6.45, 7) is 4.05. The number of nitrogens with zero attached hydrogens (tertiary/aromatic N) is 1. The molecule has 0 fully saturated rings. The van der Waals surface area contributed by atoms with Crippen LogP contribution in [0.2, 0.25) is 0 Å². The maximum Gasteiger partial charge on any atom is 0.184 e. The van der Waals surface area contributed by atoms with Crippen molar-refractivity contribution in [3.8, 4) is 23.0 Å². The van der Waals surface area contributed by atoms with Crippen LogP contribution < -0.4 is 18.9 Å². The van der Waals surface area contributed by atoms with Crippen LogP contribution in [-0.4, -0.2) is 45.3 Å². The van der Waals surface area contributed by atoms with Crippen molar-refractivity contribution in [1.82, 2.24) is 0 Å². The van der Waals surface area contributed by atoms with Crippen LogP contribution in [0, 0.1) is 0 Å². The van der Waals surface area contributed by atoms with Gasteiger partial charge in [-0.15, -0.1) is 0 Å². The lowest BCUT2D eigenvalue weighted by Crippen LogP contribution is -2.30. The monoisotopic (exact) mass is 518 g/mol. The molecule has 0 aromatic heterocycles. The number of rotatable bonds is 12. The number of ether oxygens (including phenoxy) is 4. The highest BCUT2D eigenvalue weighted by Gasteiger charge is 2.28. The molecule has 0 saturated carbocycles. The Hall–Kier alpha value is -2.21. The molecule has 0 amide bonds. The summed E-state index contributed by atoms with van der Waals surface area (Å²) in [5.41, 5.74) is 5.20. The van der Waals surface area contributed by atoms with E-state index in [9.17, 15) is 0 Å². The third-order valence-electron chi connectivity index (χ3n) is 6.34. The van der Waals surface area contributed by atoms with Gasteiger partial charge in [-0.2, -0.15) is 0 Å². The van der Waals surface area contributed by atoms with Gasteiger partial charge in [0, 0.05) is 24.0 Å². The molecule has 3 rings (SSSR count). The van der Waals surface area contributed by atoms with Crippen LogP contribution in [0.1, 0.15) is 62.1 Å². The van der Waals surface area contributed by atoms with Gasteiger partial charge in [-0.3, -0.25) is 0 Å². The van der Waals surface area contributed by atoms with E-state index in [1.807, 2.05) is 0 Å². The summed E-state index contributed by atoms with van der Waals surface area (Å²) >= 11 is 3.64. The van der Waals surface area contributed by atoms with Crippen molar-refractivity contribution in [3.63, 3.8) is 0 Å². The van der Waals surface area contributed by atoms with Crippen LogP contribution in [0.15, 0.2) is 28.7 Å². The zero-order valence-corrected chi connectivity index (χ0v) is 22.2. The van der Waals surface area contributed by atoms with E-state index in [-0.39, 0.29) is 0 Å².